The average Bonchev–Trinajstić information content (AvgIpc) is 2.83. The van der Waals surface area contributed by atoms with Gasteiger partial charge in [0.05, 0.1) is 18.7 Å². The Hall–Kier alpha value is -1.30. The molecule has 2 rings (SSSR count). The first-order chi connectivity index (χ1) is 10.1. The molecule has 2 aromatic rings. The zero-order valence-corrected chi connectivity index (χ0v) is 13.7. The summed E-state index contributed by atoms with van der Waals surface area (Å²) in [5, 5.41) is 6.90. The smallest absolute Gasteiger partial charge is 0.306 e. The van der Waals surface area contributed by atoms with Gasteiger partial charge in [-0.15, -0.1) is 11.3 Å². The molecule has 0 fully saturated rings. The second-order valence-corrected chi connectivity index (χ2v) is 5.96. The fraction of sp³-hybridized carbons (Fsp3) is 0.286. The summed E-state index contributed by atoms with van der Waals surface area (Å²) in [5.41, 5.74) is 1.63. The van der Waals surface area contributed by atoms with Gasteiger partial charge in [0.25, 0.3) is 0 Å². The van der Waals surface area contributed by atoms with Crippen LogP contribution in [0.2, 0.25) is 10.0 Å². The fourth-order valence-corrected chi connectivity index (χ4v) is 2.98. The molecule has 0 aliphatic carbocycles. The van der Waals surface area contributed by atoms with Crippen molar-refractivity contribution in [3.05, 3.63) is 39.3 Å². The number of thiazole rings is 1. The molecule has 1 aromatic carbocycles. The lowest BCUT2D eigenvalue weighted by atomic mass is 10.2. The van der Waals surface area contributed by atoms with Gasteiger partial charge in [0.2, 0.25) is 0 Å². The molecule has 7 heteroatoms. The number of benzene rings is 1. The molecule has 1 aromatic heterocycles. The molecule has 0 saturated carbocycles. The third-order valence-corrected chi connectivity index (χ3v) is 3.80. The number of nitrogens with one attached hydrogen (secondary N) is 1. The molecule has 1 heterocycles. The Balaban J connectivity index is 1.95. The number of aromatic nitrogens is 1. The standard InChI is InChI=1S/C14H14Cl2N2O2S/c1-2-20-13(19)4-3-11-8-21-14(17-11)18-12-6-9(15)5-10(16)7-12/h5-8H,2-4H2,1H3,(H,17,18). The minimum absolute atomic E-state index is 0.207. The maximum Gasteiger partial charge on any atom is 0.306 e. The molecule has 112 valence electrons. The molecule has 0 aliphatic heterocycles. The van der Waals surface area contributed by atoms with E-state index in [4.69, 9.17) is 27.9 Å². The quantitative estimate of drug-likeness (QED) is 0.772. The van der Waals surface area contributed by atoms with Gasteiger partial charge in [-0.3, -0.25) is 4.79 Å². The van der Waals surface area contributed by atoms with Gasteiger partial charge >= 0.3 is 5.97 Å². The third kappa shape index (κ3) is 5.19. The predicted molar refractivity (Wildman–Crippen MR) is 86.8 cm³/mol. The fourth-order valence-electron chi connectivity index (χ4n) is 1.69. The van der Waals surface area contributed by atoms with Crippen molar-refractivity contribution in [3.8, 4) is 0 Å². The summed E-state index contributed by atoms with van der Waals surface area (Å²) >= 11 is 13.3. The number of esters is 1. The molecule has 0 spiro atoms. The number of anilines is 2. The van der Waals surface area contributed by atoms with E-state index in [0.717, 1.165) is 16.5 Å². The number of aryl methyl sites for hydroxylation is 1. The number of nitrogens with zero attached hydrogens (tertiary/aromatic N) is 1. The molecule has 0 saturated heterocycles. The first-order valence-corrected chi connectivity index (χ1v) is 8.03. The van der Waals surface area contributed by atoms with Crippen molar-refractivity contribution in [1.29, 1.82) is 0 Å². The molecule has 4 nitrogen and oxygen atoms in total. The SMILES string of the molecule is CCOC(=O)CCc1csc(Nc2cc(Cl)cc(Cl)c2)n1. The van der Waals surface area contributed by atoms with Crippen LogP contribution in [0.5, 0.6) is 0 Å². The first kappa shape index (κ1) is 16.1. The van der Waals surface area contributed by atoms with Gasteiger partial charge in [0.15, 0.2) is 5.13 Å². The maximum absolute atomic E-state index is 11.3. The Labute approximate surface area is 137 Å². The van der Waals surface area contributed by atoms with Gasteiger partial charge in [-0.05, 0) is 25.1 Å². The highest BCUT2D eigenvalue weighted by molar-refractivity contribution is 7.13. The highest BCUT2D eigenvalue weighted by Gasteiger charge is 2.07. The van der Waals surface area contributed by atoms with E-state index >= 15 is 0 Å². The number of halogens is 2. The first-order valence-electron chi connectivity index (χ1n) is 6.40. The molecular weight excluding hydrogens is 331 g/mol. The van der Waals surface area contributed by atoms with Crippen molar-refractivity contribution < 1.29 is 9.53 Å². The average molecular weight is 345 g/mol. The molecule has 21 heavy (non-hydrogen) atoms. The molecule has 0 aliphatic rings. The zero-order chi connectivity index (χ0) is 15.2. The summed E-state index contributed by atoms with van der Waals surface area (Å²) in [6.45, 7) is 2.19. The molecular formula is C14H14Cl2N2O2S. The summed E-state index contributed by atoms with van der Waals surface area (Å²) in [6.07, 6.45) is 0.896. The Bertz CT molecular complexity index is 611. The van der Waals surface area contributed by atoms with E-state index in [1.807, 2.05) is 5.38 Å². The molecule has 0 radical (unpaired) electrons. The number of hydrogen-bond donors (Lipinski definition) is 1. The van der Waals surface area contributed by atoms with E-state index in [1.54, 1.807) is 25.1 Å². The minimum Gasteiger partial charge on any atom is -0.466 e. The van der Waals surface area contributed by atoms with Crippen LogP contribution in [0.15, 0.2) is 23.6 Å². The molecule has 1 N–H and O–H groups in total. The number of carbonyl (C=O) groups is 1. The summed E-state index contributed by atoms with van der Waals surface area (Å²) in [6, 6.07) is 5.21. The molecule has 0 amide bonds. The van der Waals surface area contributed by atoms with Gasteiger partial charge in [-0.1, -0.05) is 23.2 Å². The Morgan fingerprint density at radius 2 is 2.05 bits per heavy atom. The number of carbonyl (C=O) groups excluding carboxylic acids is 1. The lowest BCUT2D eigenvalue weighted by Crippen LogP contribution is -2.05. The van der Waals surface area contributed by atoms with Gasteiger partial charge in [-0.25, -0.2) is 4.98 Å². The van der Waals surface area contributed by atoms with Gasteiger partial charge < -0.3 is 10.1 Å². The van der Waals surface area contributed by atoms with Crippen LogP contribution in [0.1, 0.15) is 19.0 Å². The van der Waals surface area contributed by atoms with E-state index in [1.165, 1.54) is 11.3 Å². The van der Waals surface area contributed by atoms with Crippen molar-refractivity contribution in [2.75, 3.05) is 11.9 Å². The van der Waals surface area contributed by atoms with Crippen molar-refractivity contribution >= 4 is 51.3 Å². The van der Waals surface area contributed by atoms with Crippen LogP contribution < -0.4 is 5.32 Å². The highest BCUT2D eigenvalue weighted by atomic mass is 35.5. The summed E-state index contributed by atoms with van der Waals surface area (Å²) in [4.78, 5) is 15.7. The van der Waals surface area contributed by atoms with E-state index in [9.17, 15) is 4.79 Å². The number of ether oxygens (including phenoxy) is 1. The normalized spacial score (nSPS) is 10.4. The zero-order valence-electron chi connectivity index (χ0n) is 11.4. The van der Waals surface area contributed by atoms with Gasteiger partial charge in [0.1, 0.15) is 0 Å². The summed E-state index contributed by atoms with van der Waals surface area (Å²) in [5.74, 6) is -0.207. The Morgan fingerprint density at radius 1 is 1.33 bits per heavy atom. The van der Waals surface area contributed by atoms with Crippen molar-refractivity contribution in [2.45, 2.75) is 19.8 Å². The highest BCUT2D eigenvalue weighted by Crippen LogP contribution is 2.27. The van der Waals surface area contributed by atoms with Gasteiger partial charge in [0, 0.05) is 27.5 Å². The Morgan fingerprint density at radius 3 is 2.71 bits per heavy atom. The second kappa shape index (κ2) is 7.64. The lowest BCUT2D eigenvalue weighted by Gasteiger charge is -2.04. The van der Waals surface area contributed by atoms with Crippen molar-refractivity contribution in [1.82, 2.24) is 4.98 Å². The second-order valence-electron chi connectivity index (χ2n) is 4.23. The van der Waals surface area contributed by atoms with Gasteiger partial charge in [-0.2, -0.15) is 0 Å². The Kier molecular flexibility index (Phi) is 5.85. The maximum atomic E-state index is 11.3. The van der Waals surface area contributed by atoms with E-state index in [2.05, 4.69) is 10.3 Å². The van der Waals surface area contributed by atoms with Crippen LogP contribution in [0.25, 0.3) is 0 Å². The molecule has 0 bridgehead atoms. The number of rotatable bonds is 6. The van der Waals surface area contributed by atoms with E-state index in [-0.39, 0.29) is 5.97 Å². The van der Waals surface area contributed by atoms with Crippen LogP contribution in [0.3, 0.4) is 0 Å². The van der Waals surface area contributed by atoms with Crippen molar-refractivity contribution in [3.63, 3.8) is 0 Å². The lowest BCUT2D eigenvalue weighted by molar-refractivity contribution is -0.143. The van der Waals surface area contributed by atoms with Crippen LogP contribution in [0, 0.1) is 0 Å². The molecule has 0 unspecified atom stereocenters. The largest absolute Gasteiger partial charge is 0.466 e. The minimum atomic E-state index is -0.207. The topological polar surface area (TPSA) is 51.2 Å². The van der Waals surface area contributed by atoms with Crippen LogP contribution >= 0.6 is 34.5 Å². The summed E-state index contributed by atoms with van der Waals surface area (Å²) < 4.78 is 4.88. The summed E-state index contributed by atoms with van der Waals surface area (Å²) in [7, 11) is 0. The van der Waals surface area contributed by atoms with Crippen LogP contribution in [0.4, 0.5) is 10.8 Å². The predicted octanol–water partition coefficient (Wildman–Crippen LogP) is 4.69. The third-order valence-electron chi connectivity index (χ3n) is 2.56. The van der Waals surface area contributed by atoms with Crippen LogP contribution in [-0.4, -0.2) is 17.6 Å². The van der Waals surface area contributed by atoms with E-state index < -0.39 is 0 Å². The monoisotopic (exact) mass is 344 g/mol. The van der Waals surface area contributed by atoms with E-state index in [0.29, 0.717) is 29.5 Å². The van der Waals surface area contributed by atoms with Crippen LogP contribution in [-0.2, 0) is 16.0 Å². The van der Waals surface area contributed by atoms with Crippen molar-refractivity contribution in [2.24, 2.45) is 0 Å². The molecule has 0 atom stereocenters. The number of hydrogen-bond acceptors (Lipinski definition) is 5.